The van der Waals surface area contributed by atoms with Crippen LogP contribution in [-0.2, 0) is 10.3 Å². The van der Waals surface area contributed by atoms with E-state index in [1.807, 2.05) is 11.9 Å². The van der Waals surface area contributed by atoms with E-state index < -0.39 is 0 Å². The summed E-state index contributed by atoms with van der Waals surface area (Å²) in [6, 6.07) is 6.39. The van der Waals surface area contributed by atoms with Gasteiger partial charge in [0, 0.05) is 13.5 Å². The molecule has 0 aromatic heterocycles. The average molecular weight is 349 g/mol. The fourth-order valence-electron chi connectivity index (χ4n) is 2.11. The summed E-state index contributed by atoms with van der Waals surface area (Å²) >= 11 is 2.15. The van der Waals surface area contributed by atoms with Gasteiger partial charge in [0.25, 0.3) is 0 Å². The minimum absolute atomic E-state index is 0.154. The number of rotatable bonds is 1. The Hall–Kier alpha value is -0.650. The first-order chi connectivity index (χ1) is 8.04. The second-order valence-electron chi connectivity index (χ2n) is 4.23. The molecule has 1 aliphatic heterocycles. The number of nitrogens with zero attached hydrogens (tertiary/aromatic N) is 1. The molecule has 1 atom stereocenters. The molecule has 1 amide bonds. The molecule has 0 radical (unpaired) electrons. The van der Waals surface area contributed by atoms with E-state index in [1.165, 1.54) is 12.1 Å². The Balaban J connectivity index is 0.000000686. The standard InChI is InChI=1S/C12H14FNO.CH3I/c1-12(8-7-11(15)14(12)2)9-3-5-10(13)6-4-9;1-2/h3-6H,7-8H2,1-2H3;1H3. The lowest BCUT2D eigenvalue weighted by Crippen LogP contribution is -2.37. The molecule has 1 saturated heterocycles. The summed E-state index contributed by atoms with van der Waals surface area (Å²) in [4.78, 5) is 15.2. The van der Waals surface area contributed by atoms with Crippen LogP contribution < -0.4 is 0 Å². The first-order valence-electron chi connectivity index (χ1n) is 5.44. The van der Waals surface area contributed by atoms with Gasteiger partial charge in [-0.3, -0.25) is 4.79 Å². The minimum atomic E-state index is -0.273. The highest BCUT2D eigenvalue weighted by Gasteiger charge is 2.40. The summed E-state index contributed by atoms with van der Waals surface area (Å²) in [7, 11) is 1.80. The summed E-state index contributed by atoms with van der Waals surface area (Å²) in [5, 5.41) is 0. The lowest BCUT2D eigenvalue weighted by atomic mass is 9.90. The van der Waals surface area contributed by atoms with E-state index >= 15 is 0 Å². The zero-order valence-corrected chi connectivity index (χ0v) is 12.5. The second-order valence-corrected chi connectivity index (χ2v) is 4.23. The van der Waals surface area contributed by atoms with Crippen molar-refractivity contribution in [1.29, 1.82) is 0 Å². The number of hydrogen-bond acceptors (Lipinski definition) is 1. The lowest BCUT2D eigenvalue weighted by molar-refractivity contribution is -0.129. The van der Waals surface area contributed by atoms with Gasteiger partial charge in [-0.05, 0) is 36.0 Å². The van der Waals surface area contributed by atoms with Gasteiger partial charge in [-0.2, -0.15) is 0 Å². The average Bonchev–Trinajstić information content (AvgIpc) is 2.62. The zero-order valence-electron chi connectivity index (χ0n) is 10.3. The number of halogens is 2. The third-order valence-electron chi connectivity index (χ3n) is 3.41. The maximum Gasteiger partial charge on any atom is 0.223 e. The quantitative estimate of drug-likeness (QED) is 0.563. The van der Waals surface area contributed by atoms with E-state index in [0.29, 0.717) is 6.42 Å². The highest BCUT2D eigenvalue weighted by Crippen LogP contribution is 2.37. The molecular formula is C13H17FINO. The SMILES string of the molecule is CI.CN1C(=O)CCC1(C)c1ccc(F)cc1. The number of hydrogen-bond donors (Lipinski definition) is 0. The van der Waals surface area contributed by atoms with Crippen LogP contribution in [0.5, 0.6) is 0 Å². The Morgan fingerprint density at radius 1 is 1.29 bits per heavy atom. The number of carbonyl (C=O) groups excluding carboxylic acids is 1. The van der Waals surface area contributed by atoms with Crippen LogP contribution in [0.1, 0.15) is 25.3 Å². The van der Waals surface area contributed by atoms with E-state index in [9.17, 15) is 9.18 Å². The van der Waals surface area contributed by atoms with Crippen molar-refractivity contribution in [3.05, 3.63) is 35.6 Å². The molecular weight excluding hydrogens is 332 g/mol. The minimum Gasteiger partial charge on any atom is -0.336 e. The number of carbonyl (C=O) groups is 1. The van der Waals surface area contributed by atoms with E-state index in [-0.39, 0.29) is 17.3 Å². The molecule has 2 rings (SSSR count). The predicted molar refractivity (Wildman–Crippen MR) is 75.7 cm³/mol. The van der Waals surface area contributed by atoms with Gasteiger partial charge < -0.3 is 4.90 Å². The third kappa shape index (κ3) is 2.78. The Morgan fingerprint density at radius 3 is 2.24 bits per heavy atom. The van der Waals surface area contributed by atoms with Crippen LogP contribution in [0.4, 0.5) is 4.39 Å². The van der Waals surface area contributed by atoms with Gasteiger partial charge >= 0.3 is 0 Å². The fourth-order valence-corrected chi connectivity index (χ4v) is 2.11. The molecule has 1 aromatic rings. The third-order valence-corrected chi connectivity index (χ3v) is 3.41. The maximum absolute atomic E-state index is 12.8. The lowest BCUT2D eigenvalue weighted by Gasteiger charge is -2.32. The van der Waals surface area contributed by atoms with E-state index in [2.05, 4.69) is 22.6 Å². The van der Waals surface area contributed by atoms with Gasteiger partial charge in [0.2, 0.25) is 5.91 Å². The molecule has 0 aliphatic carbocycles. The van der Waals surface area contributed by atoms with E-state index in [4.69, 9.17) is 0 Å². The topological polar surface area (TPSA) is 20.3 Å². The molecule has 1 fully saturated rings. The molecule has 94 valence electrons. The van der Waals surface area contributed by atoms with Crippen molar-refractivity contribution in [2.24, 2.45) is 0 Å². The van der Waals surface area contributed by atoms with Crippen LogP contribution in [-0.4, -0.2) is 22.8 Å². The summed E-state index contributed by atoms with van der Waals surface area (Å²) in [5.41, 5.74) is 0.724. The van der Waals surface area contributed by atoms with Crippen molar-refractivity contribution < 1.29 is 9.18 Å². The first-order valence-corrected chi connectivity index (χ1v) is 7.60. The molecule has 0 spiro atoms. The van der Waals surface area contributed by atoms with Gasteiger partial charge in [0.15, 0.2) is 0 Å². The Morgan fingerprint density at radius 2 is 1.82 bits per heavy atom. The van der Waals surface area contributed by atoms with Crippen molar-refractivity contribution in [3.8, 4) is 0 Å². The van der Waals surface area contributed by atoms with Crippen molar-refractivity contribution in [1.82, 2.24) is 4.90 Å². The van der Waals surface area contributed by atoms with Gasteiger partial charge in [-0.15, -0.1) is 0 Å². The van der Waals surface area contributed by atoms with Crippen LogP contribution in [0.3, 0.4) is 0 Å². The summed E-state index contributed by atoms with van der Waals surface area (Å²) in [6.07, 6.45) is 1.37. The molecule has 2 nitrogen and oxygen atoms in total. The summed E-state index contributed by atoms with van der Waals surface area (Å²) in [5.74, 6) is -0.0869. The van der Waals surface area contributed by atoms with Crippen molar-refractivity contribution >= 4 is 28.5 Å². The number of benzene rings is 1. The molecule has 1 aliphatic rings. The highest BCUT2D eigenvalue weighted by molar-refractivity contribution is 14.1. The number of likely N-dealkylation sites (tertiary alicyclic amines) is 1. The Kier molecular flexibility index (Phi) is 4.91. The van der Waals surface area contributed by atoms with Crippen LogP contribution in [0.15, 0.2) is 24.3 Å². The largest absolute Gasteiger partial charge is 0.336 e. The van der Waals surface area contributed by atoms with Crippen LogP contribution in [0.2, 0.25) is 0 Å². The van der Waals surface area contributed by atoms with Gasteiger partial charge in [-0.1, -0.05) is 34.7 Å². The maximum atomic E-state index is 12.8. The number of alkyl halides is 1. The zero-order chi connectivity index (χ0) is 13.1. The van der Waals surface area contributed by atoms with Gasteiger partial charge in [0.1, 0.15) is 5.82 Å². The van der Waals surface area contributed by atoms with Gasteiger partial charge in [0.05, 0.1) is 5.54 Å². The van der Waals surface area contributed by atoms with Crippen LogP contribution >= 0.6 is 22.6 Å². The smallest absolute Gasteiger partial charge is 0.223 e. The molecule has 0 N–H and O–H groups in total. The van der Waals surface area contributed by atoms with Crippen LogP contribution in [0.25, 0.3) is 0 Å². The summed E-state index contributed by atoms with van der Waals surface area (Å²) < 4.78 is 12.8. The molecule has 0 bridgehead atoms. The molecule has 4 heteroatoms. The molecule has 1 aromatic carbocycles. The second kappa shape index (κ2) is 5.80. The predicted octanol–water partition coefficient (Wildman–Crippen LogP) is 3.34. The Labute approximate surface area is 115 Å². The first kappa shape index (κ1) is 14.4. The Bertz CT molecular complexity index is 393. The van der Waals surface area contributed by atoms with Crippen molar-refractivity contribution in [3.63, 3.8) is 0 Å². The molecule has 0 saturated carbocycles. The molecule has 1 unspecified atom stereocenters. The van der Waals surface area contributed by atoms with Crippen molar-refractivity contribution in [2.75, 3.05) is 12.0 Å². The summed E-state index contributed by atoms with van der Waals surface area (Å²) in [6.45, 7) is 2.02. The highest BCUT2D eigenvalue weighted by atomic mass is 127. The number of amides is 1. The van der Waals surface area contributed by atoms with Gasteiger partial charge in [-0.25, -0.2) is 4.39 Å². The fraction of sp³-hybridized carbons (Fsp3) is 0.462. The van der Waals surface area contributed by atoms with Crippen LogP contribution in [0, 0.1) is 5.82 Å². The normalized spacial score (nSPS) is 23.4. The monoisotopic (exact) mass is 349 g/mol. The van der Waals surface area contributed by atoms with E-state index in [0.717, 1.165) is 12.0 Å². The van der Waals surface area contributed by atoms with Crippen molar-refractivity contribution in [2.45, 2.75) is 25.3 Å². The molecule has 17 heavy (non-hydrogen) atoms. The molecule has 1 heterocycles. The van der Waals surface area contributed by atoms with E-state index in [1.54, 1.807) is 24.1 Å².